The molecule has 2 aromatic rings. The molecule has 0 unspecified atom stereocenters. The Kier molecular flexibility index (Phi) is 4.36. The molecule has 106 valence electrons. The second kappa shape index (κ2) is 5.71. The van der Waals surface area contributed by atoms with Crippen molar-refractivity contribution in [1.29, 1.82) is 0 Å². The molecule has 3 N–H and O–H groups in total. The number of hydrogen-bond acceptors (Lipinski definition) is 4. The maximum atomic E-state index is 12.3. The average Bonchev–Trinajstić information content (AvgIpc) is 2.33. The van der Waals surface area contributed by atoms with Crippen molar-refractivity contribution in [2.24, 2.45) is 0 Å². The SMILES string of the molecule is Cc1cc(NS(=O)(=O)c2ccc(N)cc2Br)cnc1Br. The van der Waals surface area contributed by atoms with Gasteiger partial charge in [-0.15, -0.1) is 0 Å². The molecule has 0 amide bonds. The van der Waals surface area contributed by atoms with E-state index in [-0.39, 0.29) is 4.90 Å². The van der Waals surface area contributed by atoms with E-state index in [1.165, 1.54) is 18.3 Å². The summed E-state index contributed by atoms with van der Waals surface area (Å²) < 4.78 is 28.2. The predicted molar refractivity (Wildman–Crippen MR) is 86.0 cm³/mol. The summed E-state index contributed by atoms with van der Waals surface area (Å²) in [5.41, 5.74) is 7.32. The molecule has 1 aromatic heterocycles. The monoisotopic (exact) mass is 419 g/mol. The second-order valence-electron chi connectivity index (χ2n) is 4.13. The molecule has 0 aliphatic rings. The summed E-state index contributed by atoms with van der Waals surface area (Å²) in [6.07, 6.45) is 1.44. The van der Waals surface area contributed by atoms with Crippen LogP contribution in [0.3, 0.4) is 0 Å². The molecule has 20 heavy (non-hydrogen) atoms. The summed E-state index contributed by atoms with van der Waals surface area (Å²) in [6, 6.07) is 6.21. The number of benzene rings is 1. The molecule has 1 aromatic carbocycles. The minimum Gasteiger partial charge on any atom is -0.399 e. The summed E-state index contributed by atoms with van der Waals surface area (Å²) in [5.74, 6) is 0. The number of nitrogens with one attached hydrogen (secondary N) is 1. The summed E-state index contributed by atoms with van der Waals surface area (Å²) >= 11 is 6.46. The van der Waals surface area contributed by atoms with E-state index in [1.54, 1.807) is 12.1 Å². The normalized spacial score (nSPS) is 11.3. The lowest BCUT2D eigenvalue weighted by molar-refractivity contribution is 0.601. The lowest BCUT2D eigenvalue weighted by Gasteiger charge is -2.10. The van der Waals surface area contributed by atoms with Crippen molar-refractivity contribution in [1.82, 2.24) is 4.98 Å². The first-order valence-corrected chi connectivity index (χ1v) is 8.56. The molecule has 0 aliphatic carbocycles. The minimum absolute atomic E-state index is 0.118. The lowest BCUT2D eigenvalue weighted by atomic mass is 10.3. The van der Waals surface area contributed by atoms with Crippen LogP contribution < -0.4 is 10.5 Å². The molecule has 0 saturated heterocycles. The van der Waals surface area contributed by atoms with Gasteiger partial charge in [0.2, 0.25) is 0 Å². The number of rotatable bonds is 3. The predicted octanol–water partition coefficient (Wildman–Crippen LogP) is 3.30. The van der Waals surface area contributed by atoms with E-state index >= 15 is 0 Å². The van der Waals surface area contributed by atoms with Crippen LogP contribution in [-0.4, -0.2) is 13.4 Å². The lowest BCUT2D eigenvalue weighted by Crippen LogP contribution is -2.14. The molecule has 0 radical (unpaired) electrons. The van der Waals surface area contributed by atoms with Crippen LogP contribution in [0.5, 0.6) is 0 Å². The highest BCUT2D eigenvalue weighted by Crippen LogP contribution is 2.26. The number of hydrogen-bond donors (Lipinski definition) is 2. The van der Waals surface area contributed by atoms with Crippen LogP contribution in [0, 0.1) is 6.92 Å². The van der Waals surface area contributed by atoms with Crippen molar-refractivity contribution in [3.8, 4) is 0 Å². The summed E-state index contributed by atoms with van der Waals surface area (Å²) in [4.78, 5) is 4.17. The fraction of sp³-hybridized carbons (Fsp3) is 0.0833. The molecule has 8 heteroatoms. The number of nitrogens with two attached hydrogens (primary N) is 1. The second-order valence-corrected chi connectivity index (χ2v) is 7.38. The third-order valence-corrected chi connectivity index (χ3v) is 5.70. The smallest absolute Gasteiger partial charge is 0.263 e. The number of sulfonamides is 1. The van der Waals surface area contributed by atoms with E-state index in [9.17, 15) is 8.42 Å². The standard InChI is InChI=1S/C12H11Br2N3O2S/c1-7-4-9(6-16-12(7)14)17-20(18,19)11-3-2-8(15)5-10(11)13/h2-6,17H,15H2,1H3. The van der Waals surface area contributed by atoms with Gasteiger partial charge in [-0.05, 0) is 68.6 Å². The Morgan fingerprint density at radius 3 is 2.55 bits per heavy atom. The van der Waals surface area contributed by atoms with E-state index in [0.29, 0.717) is 20.5 Å². The van der Waals surface area contributed by atoms with Gasteiger partial charge in [0.1, 0.15) is 9.50 Å². The van der Waals surface area contributed by atoms with E-state index in [1.807, 2.05) is 6.92 Å². The van der Waals surface area contributed by atoms with Gasteiger partial charge in [-0.1, -0.05) is 0 Å². The van der Waals surface area contributed by atoms with Gasteiger partial charge < -0.3 is 5.73 Å². The molecule has 0 spiro atoms. The third-order valence-electron chi connectivity index (χ3n) is 2.51. The van der Waals surface area contributed by atoms with Crippen molar-refractivity contribution < 1.29 is 8.42 Å². The number of pyridine rings is 1. The number of halogens is 2. The maximum Gasteiger partial charge on any atom is 0.263 e. The highest BCUT2D eigenvalue weighted by Gasteiger charge is 2.18. The molecule has 0 atom stereocenters. The Morgan fingerprint density at radius 2 is 1.95 bits per heavy atom. The fourth-order valence-corrected chi connectivity index (χ4v) is 3.91. The van der Waals surface area contributed by atoms with Crippen molar-refractivity contribution in [2.45, 2.75) is 11.8 Å². The zero-order valence-corrected chi connectivity index (χ0v) is 14.4. The topological polar surface area (TPSA) is 85.1 Å². The molecule has 0 bridgehead atoms. The van der Waals surface area contributed by atoms with Crippen LogP contribution in [0.1, 0.15) is 5.56 Å². The van der Waals surface area contributed by atoms with Crippen LogP contribution in [0.25, 0.3) is 0 Å². The van der Waals surface area contributed by atoms with Crippen LogP contribution in [0.4, 0.5) is 11.4 Å². The summed E-state index contributed by atoms with van der Waals surface area (Å²) in [7, 11) is -3.70. The number of aryl methyl sites for hydroxylation is 1. The van der Waals surface area contributed by atoms with Gasteiger partial charge in [-0.3, -0.25) is 4.72 Å². The highest BCUT2D eigenvalue weighted by molar-refractivity contribution is 9.10. The zero-order chi connectivity index (χ0) is 14.9. The molecular formula is C12H11Br2N3O2S. The maximum absolute atomic E-state index is 12.3. The van der Waals surface area contributed by atoms with E-state index in [2.05, 4.69) is 41.6 Å². The van der Waals surface area contributed by atoms with Crippen molar-refractivity contribution in [3.05, 3.63) is 45.1 Å². The Morgan fingerprint density at radius 1 is 1.25 bits per heavy atom. The zero-order valence-electron chi connectivity index (χ0n) is 10.4. The Bertz CT molecular complexity index is 763. The minimum atomic E-state index is -3.70. The number of nitrogens with zero attached hydrogens (tertiary/aromatic N) is 1. The Labute approximate surface area is 133 Å². The van der Waals surface area contributed by atoms with Crippen molar-refractivity contribution >= 4 is 53.3 Å². The van der Waals surface area contributed by atoms with Gasteiger partial charge in [-0.25, -0.2) is 13.4 Å². The Hall–Kier alpha value is -1.12. The number of aromatic nitrogens is 1. The van der Waals surface area contributed by atoms with E-state index in [0.717, 1.165) is 5.56 Å². The van der Waals surface area contributed by atoms with Crippen LogP contribution >= 0.6 is 31.9 Å². The molecule has 2 rings (SSSR count). The molecule has 0 fully saturated rings. The molecule has 5 nitrogen and oxygen atoms in total. The molecule has 1 heterocycles. The molecular weight excluding hydrogens is 410 g/mol. The van der Waals surface area contributed by atoms with Gasteiger partial charge in [-0.2, -0.15) is 0 Å². The van der Waals surface area contributed by atoms with Gasteiger partial charge in [0.15, 0.2) is 0 Å². The van der Waals surface area contributed by atoms with Crippen molar-refractivity contribution in [2.75, 3.05) is 10.5 Å². The van der Waals surface area contributed by atoms with Crippen LogP contribution in [0.2, 0.25) is 0 Å². The average molecular weight is 421 g/mol. The van der Waals surface area contributed by atoms with Crippen LogP contribution in [0.15, 0.2) is 44.4 Å². The van der Waals surface area contributed by atoms with Gasteiger partial charge >= 0.3 is 0 Å². The third kappa shape index (κ3) is 3.31. The summed E-state index contributed by atoms with van der Waals surface area (Å²) in [5, 5.41) is 0. The van der Waals surface area contributed by atoms with Crippen molar-refractivity contribution in [3.63, 3.8) is 0 Å². The highest BCUT2D eigenvalue weighted by atomic mass is 79.9. The quantitative estimate of drug-likeness (QED) is 0.589. The van der Waals surface area contributed by atoms with Gasteiger partial charge in [0.05, 0.1) is 11.9 Å². The van der Waals surface area contributed by atoms with Gasteiger partial charge in [0.25, 0.3) is 10.0 Å². The number of anilines is 2. The first kappa shape index (κ1) is 15.3. The first-order valence-electron chi connectivity index (χ1n) is 5.49. The summed E-state index contributed by atoms with van der Waals surface area (Å²) in [6.45, 7) is 1.83. The largest absolute Gasteiger partial charge is 0.399 e. The molecule has 0 aliphatic heterocycles. The molecule has 0 saturated carbocycles. The van der Waals surface area contributed by atoms with E-state index in [4.69, 9.17) is 5.73 Å². The van der Waals surface area contributed by atoms with E-state index < -0.39 is 10.0 Å². The Balaban J connectivity index is 2.38. The van der Waals surface area contributed by atoms with Crippen LogP contribution in [-0.2, 0) is 10.0 Å². The number of nitrogen functional groups attached to an aromatic ring is 1. The first-order chi connectivity index (χ1) is 9.29. The van der Waals surface area contributed by atoms with Gasteiger partial charge in [0, 0.05) is 10.2 Å². The fourth-order valence-electron chi connectivity index (χ4n) is 1.56.